The van der Waals surface area contributed by atoms with Crippen LogP contribution in [0.15, 0.2) is 0 Å². The Kier molecular flexibility index (Phi) is 2.49. The Hall–Kier alpha value is -0.870. The molecule has 0 aliphatic heterocycles. The van der Waals surface area contributed by atoms with E-state index in [0.29, 0.717) is 0 Å². The summed E-state index contributed by atoms with van der Waals surface area (Å²) in [6, 6.07) is 0. The van der Waals surface area contributed by atoms with Gasteiger partial charge in [-0.1, -0.05) is 0 Å². The van der Waals surface area contributed by atoms with Crippen LogP contribution >= 0.6 is 0 Å². The van der Waals surface area contributed by atoms with Crippen molar-refractivity contribution in [2.24, 2.45) is 12.8 Å². The summed E-state index contributed by atoms with van der Waals surface area (Å²) in [7, 11) is 1.86. The molecule has 1 rings (SSSR count). The van der Waals surface area contributed by atoms with Crippen LogP contribution < -0.4 is 5.73 Å². The molecule has 0 radical (unpaired) electrons. The van der Waals surface area contributed by atoms with Crippen molar-refractivity contribution in [2.45, 2.75) is 20.0 Å². The maximum atomic E-state index is 9.53. The van der Waals surface area contributed by atoms with Crippen molar-refractivity contribution >= 4 is 0 Å². The highest BCUT2D eigenvalue weighted by Crippen LogP contribution is 2.19. The molecular formula is C8H15N3O. The van der Waals surface area contributed by atoms with Gasteiger partial charge in [-0.25, -0.2) is 0 Å². The van der Waals surface area contributed by atoms with E-state index in [1.807, 2.05) is 20.9 Å². The maximum Gasteiger partial charge on any atom is 0.0947 e. The first kappa shape index (κ1) is 9.22. The first-order chi connectivity index (χ1) is 5.57. The van der Waals surface area contributed by atoms with E-state index < -0.39 is 6.10 Å². The maximum absolute atomic E-state index is 9.53. The topological polar surface area (TPSA) is 64.1 Å². The normalized spacial score (nSPS) is 13.4. The second-order valence-electron chi connectivity index (χ2n) is 2.96. The fraction of sp³-hybridized carbons (Fsp3) is 0.625. The number of nitrogens with two attached hydrogens (primary N) is 1. The molecule has 1 heterocycles. The molecule has 0 unspecified atom stereocenters. The summed E-state index contributed by atoms with van der Waals surface area (Å²) in [6.07, 6.45) is -0.585. The van der Waals surface area contributed by atoms with Crippen molar-refractivity contribution in [2.75, 3.05) is 6.54 Å². The number of rotatable bonds is 2. The molecule has 0 aromatic carbocycles. The van der Waals surface area contributed by atoms with Crippen molar-refractivity contribution in [3.8, 4) is 0 Å². The molecule has 0 saturated carbocycles. The molecular weight excluding hydrogens is 154 g/mol. The Morgan fingerprint density at radius 1 is 1.58 bits per heavy atom. The van der Waals surface area contributed by atoms with Gasteiger partial charge < -0.3 is 10.8 Å². The van der Waals surface area contributed by atoms with Gasteiger partial charge in [-0.15, -0.1) is 0 Å². The van der Waals surface area contributed by atoms with Gasteiger partial charge in [0, 0.05) is 24.8 Å². The number of aliphatic hydroxyl groups excluding tert-OH is 1. The summed E-state index contributed by atoms with van der Waals surface area (Å²) in [5.41, 5.74) is 8.06. The van der Waals surface area contributed by atoms with Crippen LogP contribution in [0.1, 0.15) is 23.1 Å². The van der Waals surface area contributed by atoms with E-state index in [-0.39, 0.29) is 6.54 Å². The molecule has 4 heteroatoms. The van der Waals surface area contributed by atoms with Crippen LogP contribution in [0.2, 0.25) is 0 Å². The molecule has 0 bridgehead atoms. The van der Waals surface area contributed by atoms with Gasteiger partial charge >= 0.3 is 0 Å². The highest BCUT2D eigenvalue weighted by Gasteiger charge is 2.15. The van der Waals surface area contributed by atoms with Gasteiger partial charge in [-0.05, 0) is 13.8 Å². The molecule has 0 aliphatic rings. The smallest absolute Gasteiger partial charge is 0.0947 e. The third-order valence-corrected chi connectivity index (χ3v) is 2.12. The van der Waals surface area contributed by atoms with Gasteiger partial charge in [0.2, 0.25) is 0 Å². The number of hydrogen-bond acceptors (Lipinski definition) is 3. The predicted octanol–water partition coefficient (Wildman–Crippen LogP) is 0.0290. The van der Waals surface area contributed by atoms with Crippen LogP contribution in [0.4, 0.5) is 0 Å². The minimum absolute atomic E-state index is 0.243. The van der Waals surface area contributed by atoms with E-state index in [0.717, 1.165) is 17.0 Å². The Labute approximate surface area is 72.0 Å². The fourth-order valence-electron chi connectivity index (χ4n) is 1.39. The molecule has 0 aliphatic carbocycles. The zero-order valence-electron chi connectivity index (χ0n) is 7.70. The van der Waals surface area contributed by atoms with Crippen molar-refractivity contribution in [3.63, 3.8) is 0 Å². The second-order valence-corrected chi connectivity index (χ2v) is 2.96. The average Bonchev–Trinajstić information content (AvgIpc) is 2.26. The Bertz CT molecular complexity index is 280. The summed E-state index contributed by atoms with van der Waals surface area (Å²) in [4.78, 5) is 0. The standard InChI is InChI=1S/C8H15N3O/c1-5-8(7(12)4-9)6(2)11(3)10-5/h7,12H,4,9H2,1-3H3/t7-/m0/s1. The van der Waals surface area contributed by atoms with E-state index in [1.54, 1.807) is 4.68 Å². The number of aromatic nitrogens is 2. The molecule has 68 valence electrons. The van der Waals surface area contributed by atoms with Crippen molar-refractivity contribution < 1.29 is 5.11 Å². The number of nitrogens with zero attached hydrogens (tertiary/aromatic N) is 2. The van der Waals surface area contributed by atoms with E-state index in [2.05, 4.69) is 5.10 Å². The summed E-state index contributed by atoms with van der Waals surface area (Å²) in [5, 5.41) is 13.7. The van der Waals surface area contributed by atoms with Crippen LogP contribution in [0.25, 0.3) is 0 Å². The molecule has 3 N–H and O–H groups in total. The van der Waals surface area contributed by atoms with Crippen molar-refractivity contribution in [3.05, 3.63) is 17.0 Å². The zero-order valence-corrected chi connectivity index (χ0v) is 7.70. The van der Waals surface area contributed by atoms with Crippen LogP contribution in [-0.4, -0.2) is 21.4 Å². The highest BCUT2D eigenvalue weighted by molar-refractivity contribution is 5.26. The third-order valence-electron chi connectivity index (χ3n) is 2.12. The van der Waals surface area contributed by atoms with E-state index in [4.69, 9.17) is 5.73 Å². The first-order valence-electron chi connectivity index (χ1n) is 3.96. The average molecular weight is 169 g/mol. The molecule has 1 aromatic heterocycles. The van der Waals surface area contributed by atoms with Crippen LogP contribution in [0.5, 0.6) is 0 Å². The van der Waals surface area contributed by atoms with Gasteiger partial charge in [0.15, 0.2) is 0 Å². The van der Waals surface area contributed by atoms with Crippen molar-refractivity contribution in [1.29, 1.82) is 0 Å². The minimum atomic E-state index is -0.585. The molecule has 0 amide bonds. The Morgan fingerprint density at radius 2 is 2.17 bits per heavy atom. The van der Waals surface area contributed by atoms with Crippen LogP contribution in [0.3, 0.4) is 0 Å². The zero-order chi connectivity index (χ0) is 9.30. The van der Waals surface area contributed by atoms with E-state index >= 15 is 0 Å². The molecule has 1 atom stereocenters. The summed E-state index contributed by atoms with van der Waals surface area (Å²) in [5.74, 6) is 0. The van der Waals surface area contributed by atoms with Crippen LogP contribution in [0, 0.1) is 13.8 Å². The first-order valence-corrected chi connectivity index (χ1v) is 3.96. The van der Waals surface area contributed by atoms with Gasteiger partial charge in [-0.3, -0.25) is 4.68 Å². The van der Waals surface area contributed by atoms with E-state index in [9.17, 15) is 5.11 Å². The number of aliphatic hydroxyl groups is 1. The lowest BCUT2D eigenvalue weighted by molar-refractivity contribution is 0.185. The number of aryl methyl sites for hydroxylation is 2. The van der Waals surface area contributed by atoms with Gasteiger partial charge in [-0.2, -0.15) is 5.10 Å². The highest BCUT2D eigenvalue weighted by atomic mass is 16.3. The lowest BCUT2D eigenvalue weighted by Crippen LogP contribution is -2.13. The Balaban J connectivity index is 3.13. The third kappa shape index (κ3) is 1.35. The molecule has 12 heavy (non-hydrogen) atoms. The molecule has 0 fully saturated rings. The second kappa shape index (κ2) is 3.25. The number of hydrogen-bond donors (Lipinski definition) is 2. The molecule has 0 saturated heterocycles. The van der Waals surface area contributed by atoms with E-state index in [1.165, 1.54) is 0 Å². The summed E-state index contributed by atoms with van der Waals surface area (Å²) < 4.78 is 1.75. The van der Waals surface area contributed by atoms with Gasteiger partial charge in [0.25, 0.3) is 0 Å². The van der Waals surface area contributed by atoms with Gasteiger partial charge in [0.05, 0.1) is 11.8 Å². The molecule has 1 aromatic rings. The SMILES string of the molecule is Cc1nn(C)c(C)c1[C@@H](O)CN. The largest absolute Gasteiger partial charge is 0.387 e. The quantitative estimate of drug-likeness (QED) is 0.656. The van der Waals surface area contributed by atoms with Gasteiger partial charge in [0.1, 0.15) is 0 Å². The monoisotopic (exact) mass is 169 g/mol. The van der Waals surface area contributed by atoms with Crippen molar-refractivity contribution in [1.82, 2.24) is 9.78 Å². The predicted molar refractivity (Wildman–Crippen MR) is 46.7 cm³/mol. The van der Waals surface area contributed by atoms with Crippen LogP contribution in [-0.2, 0) is 7.05 Å². The summed E-state index contributed by atoms with van der Waals surface area (Å²) in [6.45, 7) is 4.04. The molecule has 4 nitrogen and oxygen atoms in total. The summed E-state index contributed by atoms with van der Waals surface area (Å²) >= 11 is 0. The lowest BCUT2D eigenvalue weighted by atomic mass is 10.1. The Morgan fingerprint density at radius 3 is 2.50 bits per heavy atom. The lowest BCUT2D eigenvalue weighted by Gasteiger charge is -2.07. The fourth-order valence-corrected chi connectivity index (χ4v) is 1.39. The minimum Gasteiger partial charge on any atom is -0.387 e. The molecule has 0 spiro atoms.